The summed E-state index contributed by atoms with van der Waals surface area (Å²) in [4.78, 5) is 27.9. The summed E-state index contributed by atoms with van der Waals surface area (Å²) in [5.74, 6) is 0.0464. The molecule has 4 nitrogen and oxygen atoms in total. The summed E-state index contributed by atoms with van der Waals surface area (Å²) in [5.41, 5.74) is 4.12. The number of thioether (sulfide) groups is 1. The quantitative estimate of drug-likeness (QED) is 0.547. The van der Waals surface area contributed by atoms with Gasteiger partial charge < -0.3 is 9.64 Å². The molecule has 0 saturated carbocycles. The van der Waals surface area contributed by atoms with E-state index in [-0.39, 0.29) is 28.9 Å². The molecule has 4 aliphatic rings. The molecule has 1 saturated heterocycles. The second kappa shape index (κ2) is 6.88. The average Bonchev–Trinajstić information content (AvgIpc) is 3.42. The second-order valence-corrected chi connectivity index (χ2v) is 9.36. The molecule has 1 amide bonds. The molecule has 5 heteroatoms. The molecule has 0 bridgehead atoms. The van der Waals surface area contributed by atoms with E-state index in [4.69, 9.17) is 4.74 Å². The number of hydrogen-bond acceptors (Lipinski definition) is 4. The summed E-state index contributed by atoms with van der Waals surface area (Å²) in [6.45, 7) is 0.631. The Morgan fingerprint density at radius 2 is 1.90 bits per heavy atom. The van der Waals surface area contributed by atoms with E-state index >= 15 is 0 Å². The summed E-state index contributed by atoms with van der Waals surface area (Å²) < 4.78 is 5.53. The number of ether oxygens (including phenoxy) is 1. The SMILES string of the molecule is O=C1O[C@@H]2C=CC=C[C@H]2C=C1C(=O)N1CCS[C@H]1c1ccc2c3c(cccc13)CC2. The highest BCUT2D eigenvalue weighted by Crippen LogP contribution is 2.44. The van der Waals surface area contributed by atoms with Gasteiger partial charge in [-0.2, -0.15) is 0 Å². The fraction of sp³-hybridized carbons (Fsp3) is 0.280. The number of fused-ring (bicyclic) bond motifs is 1. The van der Waals surface area contributed by atoms with E-state index in [0.717, 1.165) is 24.2 Å². The molecule has 0 radical (unpaired) electrons. The zero-order chi connectivity index (χ0) is 20.2. The fourth-order valence-corrected chi connectivity index (χ4v) is 6.34. The Kier molecular flexibility index (Phi) is 4.13. The van der Waals surface area contributed by atoms with Crippen LogP contribution in [-0.2, 0) is 27.2 Å². The zero-order valence-electron chi connectivity index (χ0n) is 16.4. The Hall–Kier alpha value is -2.79. The fourth-order valence-electron chi connectivity index (χ4n) is 5.05. The number of hydrogen-bond donors (Lipinski definition) is 0. The number of amides is 1. The monoisotopic (exact) mass is 415 g/mol. The second-order valence-electron chi connectivity index (χ2n) is 8.17. The van der Waals surface area contributed by atoms with E-state index in [2.05, 4.69) is 30.3 Å². The smallest absolute Gasteiger partial charge is 0.344 e. The third-order valence-corrected chi connectivity index (χ3v) is 7.75. The Morgan fingerprint density at radius 3 is 2.80 bits per heavy atom. The molecule has 0 N–H and O–H groups in total. The minimum atomic E-state index is -0.516. The van der Waals surface area contributed by atoms with E-state index in [9.17, 15) is 9.59 Å². The number of carbonyl (C=O) groups is 2. The third kappa shape index (κ3) is 2.68. The lowest BCUT2D eigenvalue weighted by Gasteiger charge is -2.30. The lowest BCUT2D eigenvalue weighted by atomic mass is 9.92. The normalized spacial score (nSPS) is 26.7. The summed E-state index contributed by atoms with van der Waals surface area (Å²) in [5, 5.41) is 2.50. The van der Waals surface area contributed by atoms with Gasteiger partial charge in [0.2, 0.25) is 0 Å². The predicted molar refractivity (Wildman–Crippen MR) is 118 cm³/mol. The van der Waals surface area contributed by atoms with Crippen molar-refractivity contribution in [2.75, 3.05) is 12.3 Å². The molecule has 0 unspecified atom stereocenters. The average molecular weight is 416 g/mol. The van der Waals surface area contributed by atoms with Crippen molar-refractivity contribution < 1.29 is 14.3 Å². The van der Waals surface area contributed by atoms with Gasteiger partial charge in [-0.05, 0) is 46.4 Å². The third-order valence-electron chi connectivity index (χ3n) is 6.51. The summed E-state index contributed by atoms with van der Waals surface area (Å²) >= 11 is 1.77. The first-order valence-corrected chi connectivity index (χ1v) is 11.5. The Bertz CT molecular complexity index is 1170. The molecule has 1 fully saturated rings. The van der Waals surface area contributed by atoms with Crippen molar-refractivity contribution in [1.29, 1.82) is 0 Å². The number of nitrogens with zero attached hydrogens (tertiary/aromatic N) is 1. The Balaban J connectivity index is 1.37. The molecule has 6 rings (SSSR count). The molecule has 30 heavy (non-hydrogen) atoms. The van der Waals surface area contributed by atoms with Crippen LogP contribution in [0.3, 0.4) is 0 Å². The van der Waals surface area contributed by atoms with Gasteiger partial charge in [0.1, 0.15) is 17.1 Å². The molecule has 2 aliphatic carbocycles. The number of allylic oxidation sites excluding steroid dienone is 2. The summed E-state index contributed by atoms with van der Waals surface area (Å²) in [6, 6.07) is 10.9. The van der Waals surface area contributed by atoms with Crippen molar-refractivity contribution in [2.24, 2.45) is 5.92 Å². The van der Waals surface area contributed by atoms with Gasteiger partial charge in [0.15, 0.2) is 0 Å². The van der Waals surface area contributed by atoms with Gasteiger partial charge in [-0.15, -0.1) is 11.8 Å². The molecular weight excluding hydrogens is 394 g/mol. The highest BCUT2D eigenvalue weighted by atomic mass is 32.2. The number of aryl methyl sites for hydroxylation is 2. The molecule has 0 aromatic heterocycles. The van der Waals surface area contributed by atoms with E-state index in [1.165, 1.54) is 21.9 Å². The first kappa shape index (κ1) is 18.0. The molecule has 150 valence electrons. The Morgan fingerprint density at radius 1 is 1.07 bits per heavy atom. The van der Waals surface area contributed by atoms with Crippen LogP contribution < -0.4 is 0 Å². The number of rotatable bonds is 2. The summed E-state index contributed by atoms with van der Waals surface area (Å²) in [7, 11) is 0. The molecular formula is C25H21NO3S. The first-order valence-electron chi connectivity index (χ1n) is 10.4. The van der Waals surface area contributed by atoms with Gasteiger partial charge in [0.05, 0.1) is 0 Å². The predicted octanol–water partition coefficient (Wildman–Crippen LogP) is 4.11. The van der Waals surface area contributed by atoms with Crippen molar-refractivity contribution in [2.45, 2.75) is 24.3 Å². The van der Waals surface area contributed by atoms with Crippen LogP contribution in [0.1, 0.15) is 22.1 Å². The molecule has 2 aromatic carbocycles. The van der Waals surface area contributed by atoms with Gasteiger partial charge in [-0.25, -0.2) is 4.79 Å². The van der Waals surface area contributed by atoms with Gasteiger partial charge in [-0.3, -0.25) is 4.79 Å². The van der Waals surface area contributed by atoms with Crippen molar-refractivity contribution in [3.05, 3.63) is 83.0 Å². The van der Waals surface area contributed by atoms with Crippen LogP contribution in [0.15, 0.2) is 66.3 Å². The van der Waals surface area contributed by atoms with Crippen LogP contribution in [0.2, 0.25) is 0 Å². The molecule has 3 atom stereocenters. The highest BCUT2D eigenvalue weighted by molar-refractivity contribution is 7.99. The van der Waals surface area contributed by atoms with Crippen LogP contribution in [0.4, 0.5) is 0 Å². The number of carbonyl (C=O) groups excluding carboxylic acids is 2. The summed E-state index contributed by atoms with van der Waals surface area (Å²) in [6.07, 6.45) is 11.3. The van der Waals surface area contributed by atoms with Crippen molar-refractivity contribution >= 4 is 34.4 Å². The maximum Gasteiger partial charge on any atom is 0.344 e. The lowest BCUT2D eigenvalue weighted by Crippen LogP contribution is -2.39. The lowest BCUT2D eigenvalue weighted by molar-refractivity contribution is -0.147. The van der Waals surface area contributed by atoms with Crippen molar-refractivity contribution in [3.63, 3.8) is 0 Å². The molecule has 0 spiro atoms. The van der Waals surface area contributed by atoms with Crippen LogP contribution in [-0.4, -0.2) is 35.2 Å². The van der Waals surface area contributed by atoms with Crippen LogP contribution in [0.25, 0.3) is 10.8 Å². The van der Waals surface area contributed by atoms with Gasteiger partial charge >= 0.3 is 5.97 Å². The van der Waals surface area contributed by atoms with Crippen molar-refractivity contribution in [3.8, 4) is 0 Å². The van der Waals surface area contributed by atoms with E-state index in [1.54, 1.807) is 17.8 Å². The zero-order valence-corrected chi connectivity index (χ0v) is 17.2. The van der Waals surface area contributed by atoms with Gasteiger partial charge in [0, 0.05) is 18.2 Å². The number of benzene rings is 2. The van der Waals surface area contributed by atoms with Crippen molar-refractivity contribution in [1.82, 2.24) is 4.90 Å². The first-order chi connectivity index (χ1) is 14.7. The number of esters is 1. The van der Waals surface area contributed by atoms with Crippen LogP contribution >= 0.6 is 11.8 Å². The molecule has 2 aliphatic heterocycles. The minimum Gasteiger partial charge on any atom is -0.453 e. The standard InChI is InChI=1S/C25H21NO3S/c27-23(20-14-17-4-1-2-7-21(17)29-25(20)28)26-12-13-30-24(26)19-11-10-16-9-8-15-5-3-6-18(19)22(15)16/h1-7,10-11,14,17,21,24H,8-9,12-13H2/t17-,21+,24-/m0/s1. The largest absolute Gasteiger partial charge is 0.453 e. The maximum absolute atomic E-state index is 13.5. The topological polar surface area (TPSA) is 46.6 Å². The van der Waals surface area contributed by atoms with Crippen LogP contribution in [0, 0.1) is 5.92 Å². The van der Waals surface area contributed by atoms with Crippen LogP contribution in [0.5, 0.6) is 0 Å². The van der Waals surface area contributed by atoms with E-state index < -0.39 is 5.97 Å². The Labute approximate surface area is 179 Å². The highest BCUT2D eigenvalue weighted by Gasteiger charge is 2.39. The molecule has 2 aromatic rings. The minimum absolute atomic E-state index is 0.0721. The van der Waals surface area contributed by atoms with Gasteiger partial charge in [-0.1, -0.05) is 54.6 Å². The van der Waals surface area contributed by atoms with Gasteiger partial charge in [0.25, 0.3) is 5.91 Å². The molecule has 2 heterocycles. The van der Waals surface area contributed by atoms with E-state index in [0.29, 0.717) is 6.54 Å². The maximum atomic E-state index is 13.5. The van der Waals surface area contributed by atoms with E-state index in [1.807, 2.05) is 29.2 Å².